The second-order valence-electron chi connectivity index (χ2n) is 2.88. The van der Waals surface area contributed by atoms with Gasteiger partial charge >= 0.3 is 5.51 Å². The van der Waals surface area contributed by atoms with Gasteiger partial charge in [0, 0.05) is 23.0 Å². The first kappa shape index (κ1) is 14.3. The van der Waals surface area contributed by atoms with Crippen molar-refractivity contribution in [1.29, 1.82) is 0 Å². The molecule has 0 bridgehead atoms. The van der Waals surface area contributed by atoms with E-state index in [0.29, 0.717) is 4.47 Å². The van der Waals surface area contributed by atoms with Crippen LogP contribution in [0.15, 0.2) is 22.8 Å². The zero-order valence-corrected chi connectivity index (χ0v) is 10.8. The van der Waals surface area contributed by atoms with Crippen molar-refractivity contribution >= 4 is 33.6 Å². The number of amides is 1. The lowest BCUT2D eigenvalue weighted by molar-refractivity contribution is -0.0327. The summed E-state index contributed by atoms with van der Waals surface area (Å²) in [5, 5.41) is 2.36. The third kappa shape index (κ3) is 5.40. The van der Waals surface area contributed by atoms with Crippen LogP contribution in [0.25, 0.3) is 0 Å². The summed E-state index contributed by atoms with van der Waals surface area (Å²) in [6.45, 7) is -0.0635. The van der Waals surface area contributed by atoms with Gasteiger partial charge in [-0.3, -0.25) is 4.79 Å². The molecule has 0 spiro atoms. The van der Waals surface area contributed by atoms with Crippen molar-refractivity contribution in [3.8, 4) is 0 Å². The molecule has 94 valence electrons. The molecule has 1 N–H and O–H groups in total. The molecule has 0 aromatic carbocycles. The van der Waals surface area contributed by atoms with Crippen molar-refractivity contribution in [2.75, 3.05) is 12.3 Å². The molecule has 0 fully saturated rings. The topological polar surface area (TPSA) is 42.0 Å². The van der Waals surface area contributed by atoms with Gasteiger partial charge in [0.1, 0.15) is 5.69 Å². The maximum atomic E-state index is 11.8. The highest BCUT2D eigenvalue weighted by Gasteiger charge is 2.27. The summed E-state index contributed by atoms with van der Waals surface area (Å²) in [6, 6.07) is 3.27. The Kier molecular flexibility index (Phi) is 5.26. The predicted molar refractivity (Wildman–Crippen MR) is 62.8 cm³/mol. The van der Waals surface area contributed by atoms with E-state index in [-0.39, 0.29) is 29.8 Å². The average molecular weight is 329 g/mol. The molecular formula is C9H8BrF3N2OS. The van der Waals surface area contributed by atoms with Crippen LogP contribution in [0.4, 0.5) is 13.2 Å². The van der Waals surface area contributed by atoms with Gasteiger partial charge < -0.3 is 5.32 Å². The lowest BCUT2D eigenvalue weighted by Crippen LogP contribution is -2.27. The molecule has 0 saturated carbocycles. The zero-order chi connectivity index (χ0) is 12.9. The molecule has 17 heavy (non-hydrogen) atoms. The minimum atomic E-state index is -4.27. The first-order chi connectivity index (χ1) is 7.90. The number of carbonyl (C=O) groups is 1. The molecule has 1 heterocycles. The van der Waals surface area contributed by atoms with Crippen LogP contribution >= 0.6 is 27.7 Å². The van der Waals surface area contributed by atoms with E-state index in [1.165, 1.54) is 6.20 Å². The number of nitrogens with zero attached hydrogens (tertiary/aromatic N) is 1. The number of aromatic nitrogens is 1. The van der Waals surface area contributed by atoms with Crippen molar-refractivity contribution < 1.29 is 18.0 Å². The molecule has 0 radical (unpaired) electrons. The Morgan fingerprint density at radius 1 is 1.53 bits per heavy atom. The number of pyridine rings is 1. The monoisotopic (exact) mass is 328 g/mol. The van der Waals surface area contributed by atoms with Crippen LogP contribution in [0, 0.1) is 0 Å². The summed E-state index contributed by atoms with van der Waals surface area (Å²) in [5.74, 6) is -0.722. The summed E-state index contributed by atoms with van der Waals surface area (Å²) in [5.41, 5.74) is -4.11. The van der Waals surface area contributed by atoms with Crippen LogP contribution in [0.1, 0.15) is 10.5 Å². The summed E-state index contributed by atoms with van der Waals surface area (Å²) >= 11 is 2.96. The SMILES string of the molecule is O=C(NCCSC(F)(F)F)c1ncccc1Br. The maximum Gasteiger partial charge on any atom is 0.441 e. The number of alkyl halides is 3. The van der Waals surface area contributed by atoms with Crippen molar-refractivity contribution in [2.24, 2.45) is 0 Å². The molecule has 3 nitrogen and oxygen atoms in total. The third-order valence-corrected chi connectivity index (χ3v) is 3.00. The van der Waals surface area contributed by atoms with Gasteiger partial charge in [-0.2, -0.15) is 13.2 Å². The molecule has 1 amide bonds. The van der Waals surface area contributed by atoms with E-state index >= 15 is 0 Å². The standard InChI is InChI=1S/C9H8BrF3N2OS/c10-6-2-1-3-14-7(6)8(16)15-4-5-17-9(11,12)13/h1-3H,4-5H2,(H,15,16). The van der Waals surface area contributed by atoms with Gasteiger partial charge in [-0.15, -0.1) is 0 Å². The highest BCUT2D eigenvalue weighted by Crippen LogP contribution is 2.29. The molecule has 1 rings (SSSR count). The molecule has 0 atom stereocenters. The second kappa shape index (κ2) is 6.25. The molecule has 8 heteroatoms. The van der Waals surface area contributed by atoms with Gasteiger partial charge in [0.05, 0.1) is 0 Å². The van der Waals surface area contributed by atoms with Crippen LogP contribution in [0.3, 0.4) is 0 Å². The number of hydrogen-bond acceptors (Lipinski definition) is 3. The Labute approximate surface area is 108 Å². The number of nitrogens with one attached hydrogen (secondary N) is 1. The van der Waals surface area contributed by atoms with Gasteiger partial charge in [-0.1, -0.05) is 0 Å². The number of rotatable bonds is 4. The number of carbonyl (C=O) groups excluding carboxylic acids is 1. The zero-order valence-electron chi connectivity index (χ0n) is 8.42. The van der Waals surface area contributed by atoms with Crippen LogP contribution in [0.5, 0.6) is 0 Å². The molecule has 1 aromatic rings. The fourth-order valence-electron chi connectivity index (χ4n) is 0.968. The highest BCUT2D eigenvalue weighted by atomic mass is 79.9. The molecule has 0 aliphatic heterocycles. The van der Waals surface area contributed by atoms with Gasteiger partial charge in [0.2, 0.25) is 0 Å². The van der Waals surface area contributed by atoms with Crippen molar-refractivity contribution in [2.45, 2.75) is 5.51 Å². The quantitative estimate of drug-likeness (QED) is 0.864. The van der Waals surface area contributed by atoms with Gasteiger partial charge in [-0.25, -0.2) is 4.98 Å². The van der Waals surface area contributed by atoms with Crippen LogP contribution in [0.2, 0.25) is 0 Å². The van der Waals surface area contributed by atoms with E-state index in [0.717, 1.165) is 0 Å². The fraction of sp³-hybridized carbons (Fsp3) is 0.333. The summed E-state index contributed by atoms with van der Waals surface area (Å²) < 4.78 is 35.9. The number of thioether (sulfide) groups is 1. The molecule has 0 saturated heterocycles. The second-order valence-corrected chi connectivity index (χ2v) is 4.90. The minimum Gasteiger partial charge on any atom is -0.350 e. The van der Waals surface area contributed by atoms with Gasteiger partial charge in [0.15, 0.2) is 0 Å². The number of hydrogen-bond donors (Lipinski definition) is 1. The predicted octanol–water partition coefficient (Wildman–Crippen LogP) is 2.83. The van der Waals surface area contributed by atoms with Crippen LogP contribution in [-0.2, 0) is 0 Å². The van der Waals surface area contributed by atoms with Crippen molar-refractivity contribution in [3.63, 3.8) is 0 Å². The van der Waals surface area contributed by atoms with E-state index in [4.69, 9.17) is 0 Å². The smallest absolute Gasteiger partial charge is 0.350 e. The average Bonchev–Trinajstić information content (AvgIpc) is 2.23. The molecule has 1 aromatic heterocycles. The van der Waals surface area contributed by atoms with E-state index in [1.54, 1.807) is 12.1 Å². The maximum absolute atomic E-state index is 11.8. The molecular weight excluding hydrogens is 321 g/mol. The van der Waals surface area contributed by atoms with Gasteiger partial charge in [-0.05, 0) is 39.8 Å². The van der Waals surface area contributed by atoms with Crippen LogP contribution < -0.4 is 5.32 Å². The first-order valence-electron chi connectivity index (χ1n) is 4.49. The van der Waals surface area contributed by atoms with Gasteiger partial charge in [0.25, 0.3) is 5.91 Å². The van der Waals surface area contributed by atoms with E-state index in [9.17, 15) is 18.0 Å². The lowest BCUT2D eigenvalue weighted by Gasteiger charge is -2.07. The summed E-state index contributed by atoms with van der Waals surface area (Å²) in [4.78, 5) is 15.3. The van der Waals surface area contributed by atoms with Crippen LogP contribution in [-0.4, -0.2) is 28.7 Å². The van der Waals surface area contributed by atoms with E-state index in [1.807, 2.05) is 0 Å². The summed E-state index contributed by atoms with van der Waals surface area (Å²) in [7, 11) is 0. The van der Waals surface area contributed by atoms with E-state index < -0.39 is 11.4 Å². The molecule has 0 aliphatic rings. The lowest BCUT2D eigenvalue weighted by atomic mass is 10.3. The van der Waals surface area contributed by atoms with Crippen molar-refractivity contribution in [1.82, 2.24) is 10.3 Å². The molecule has 0 unspecified atom stereocenters. The fourth-order valence-corrected chi connectivity index (χ4v) is 1.84. The highest BCUT2D eigenvalue weighted by molar-refractivity contribution is 9.10. The van der Waals surface area contributed by atoms with E-state index in [2.05, 4.69) is 26.2 Å². The molecule has 0 aliphatic carbocycles. The Morgan fingerprint density at radius 3 is 2.82 bits per heavy atom. The Hall–Kier alpha value is -0.760. The largest absolute Gasteiger partial charge is 0.441 e. The number of halogens is 4. The Bertz CT molecular complexity index is 400. The normalized spacial score (nSPS) is 11.3. The van der Waals surface area contributed by atoms with Crippen molar-refractivity contribution in [3.05, 3.63) is 28.5 Å². The minimum absolute atomic E-state index is 0.0635. The Morgan fingerprint density at radius 2 is 2.24 bits per heavy atom. The Balaban J connectivity index is 2.39. The first-order valence-corrected chi connectivity index (χ1v) is 6.27. The summed E-state index contributed by atoms with van der Waals surface area (Å²) in [6.07, 6.45) is 1.43. The third-order valence-electron chi connectivity index (χ3n) is 1.63.